The van der Waals surface area contributed by atoms with E-state index in [1.54, 1.807) is 0 Å². The Morgan fingerprint density at radius 2 is 0.863 bits per heavy atom. The van der Waals surface area contributed by atoms with Crippen molar-refractivity contribution in [1.29, 1.82) is 0 Å². The minimum absolute atomic E-state index is 0.569. The number of hydrogen-bond acceptors (Lipinski definition) is 3. The van der Waals surface area contributed by atoms with E-state index >= 15 is 0 Å². The van der Waals surface area contributed by atoms with E-state index in [0.29, 0.717) is 23.2 Å². The van der Waals surface area contributed by atoms with Crippen LogP contribution in [0.1, 0.15) is 22.3 Å². The van der Waals surface area contributed by atoms with Gasteiger partial charge in [-0.15, -0.1) is 0 Å². The molecule has 0 saturated heterocycles. The van der Waals surface area contributed by atoms with Crippen molar-refractivity contribution < 1.29 is 0 Å². The Labute approximate surface area is 297 Å². The molecule has 0 saturated carbocycles. The zero-order valence-electron chi connectivity index (χ0n) is 27.6. The molecule has 0 amide bonds. The minimum atomic E-state index is -0.569. The van der Waals surface area contributed by atoms with Gasteiger partial charge in [-0.2, -0.15) is 0 Å². The van der Waals surface area contributed by atoms with Crippen LogP contribution in [0.3, 0.4) is 0 Å². The van der Waals surface area contributed by atoms with Crippen LogP contribution in [0, 0.1) is 6.57 Å². The highest BCUT2D eigenvalue weighted by atomic mass is 15.0. The van der Waals surface area contributed by atoms with Gasteiger partial charge in [0.15, 0.2) is 23.2 Å². The van der Waals surface area contributed by atoms with Crippen LogP contribution in [-0.4, -0.2) is 15.0 Å². The molecule has 0 bridgehead atoms. The second kappa shape index (κ2) is 12.5. The first-order valence-electron chi connectivity index (χ1n) is 17.0. The average molecular weight is 651 g/mol. The van der Waals surface area contributed by atoms with Gasteiger partial charge in [0.1, 0.15) is 0 Å². The first-order chi connectivity index (χ1) is 25.2. The summed E-state index contributed by atoms with van der Waals surface area (Å²) >= 11 is 0. The number of fused-ring (bicyclic) bond motifs is 3. The van der Waals surface area contributed by atoms with Gasteiger partial charge >= 0.3 is 0 Å². The Morgan fingerprint density at radius 3 is 1.43 bits per heavy atom. The molecule has 0 radical (unpaired) electrons. The number of rotatable bonds is 6. The van der Waals surface area contributed by atoms with Gasteiger partial charge in [-0.1, -0.05) is 170 Å². The predicted octanol–water partition coefficient (Wildman–Crippen LogP) is 11.5. The molecule has 1 aromatic heterocycles. The quantitative estimate of drug-likeness (QED) is 0.168. The van der Waals surface area contributed by atoms with Crippen molar-refractivity contribution in [1.82, 2.24) is 15.0 Å². The summed E-state index contributed by atoms with van der Waals surface area (Å²) in [5, 5.41) is 0. The Balaban J connectivity index is 1.23. The molecule has 0 aliphatic heterocycles. The molecule has 0 unspecified atom stereocenters. The van der Waals surface area contributed by atoms with Crippen molar-refractivity contribution in [3.63, 3.8) is 0 Å². The molecule has 0 fully saturated rings. The maximum atomic E-state index is 8.20. The normalized spacial score (nSPS) is 12.5. The smallest absolute Gasteiger partial charge is 0.195 e. The standard InChI is InChI=1S/C47H30N4/c1-48-42-27-15-26-41-43(42)39-31-35(28-29-40(39)47(41,37-22-10-4-11-23-37)38-24-12-5-13-25-38)34-20-14-21-36(30-34)46-50-44(32-16-6-2-7-17-32)49-45(51-46)33-18-8-3-9-19-33/h2-31H. The van der Waals surface area contributed by atoms with Gasteiger partial charge < -0.3 is 0 Å². The molecule has 8 aromatic rings. The van der Waals surface area contributed by atoms with Crippen molar-refractivity contribution in [2.75, 3.05) is 0 Å². The van der Waals surface area contributed by atoms with Crippen LogP contribution in [0.25, 0.3) is 61.3 Å². The topological polar surface area (TPSA) is 43.0 Å². The van der Waals surface area contributed by atoms with Crippen LogP contribution >= 0.6 is 0 Å². The van der Waals surface area contributed by atoms with Crippen LogP contribution in [0.2, 0.25) is 0 Å². The van der Waals surface area contributed by atoms with Crippen LogP contribution in [-0.2, 0) is 5.41 Å². The van der Waals surface area contributed by atoms with Crippen LogP contribution in [0.5, 0.6) is 0 Å². The molecule has 0 spiro atoms. The first kappa shape index (κ1) is 30.1. The summed E-state index contributed by atoms with van der Waals surface area (Å²) in [4.78, 5) is 18.9. The third-order valence-electron chi connectivity index (χ3n) is 9.83. The first-order valence-corrected chi connectivity index (χ1v) is 17.0. The lowest BCUT2D eigenvalue weighted by atomic mass is 9.67. The summed E-state index contributed by atoms with van der Waals surface area (Å²) < 4.78 is 0. The number of nitrogens with zero attached hydrogens (tertiary/aromatic N) is 4. The summed E-state index contributed by atoms with van der Waals surface area (Å²) in [6.07, 6.45) is 0. The van der Waals surface area contributed by atoms with E-state index in [0.717, 1.165) is 44.5 Å². The summed E-state index contributed by atoms with van der Waals surface area (Å²) in [5.74, 6) is 1.87. The van der Waals surface area contributed by atoms with Gasteiger partial charge in [0, 0.05) is 16.7 Å². The lowest BCUT2D eigenvalue weighted by Gasteiger charge is -2.34. The van der Waals surface area contributed by atoms with E-state index in [9.17, 15) is 0 Å². The molecule has 9 rings (SSSR count). The van der Waals surface area contributed by atoms with Gasteiger partial charge in [0.2, 0.25) is 0 Å². The zero-order chi connectivity index (χ0) is 34.2. The molecular formula is C47H30N4. The van der Waals surface area contributed by atoms with E-state index < -0.39 is 5.41 Å². The highest BCUT2D eigenvalue weighted by Gasteiger charge is 2.46. The van der Waals surface area contributed by atoms with E-state index in [-0.39, 0.29) is 0 Å². The van der Waals surface area contributed by atoms with Crippen molar-refractivity contribution in [2.24, 2.45) is 0 Å². The Morgan fingerprint density at radius 1 is 0.392 bits per heavy atom. The number of hydrogen-bond donors (Lipinski definition) is 0. The van der Waals surface area contributed by atoms with Crippen LogP contribution in [0.15, 0.2) is 182 Å². The monoisotopic (exact) mass is 650 g/mol. The number of aromatic nitrogens is 3. The van der Waals surface area contributed by atoms with E-state index in [4.69, 9.17) is 21.5 Å². The van der Waals surface area contributed by atoms with Gasteiger partial charge in [-0.05, 0) is 56.6 Å². The molecular weight excluding hydrogens is 621 g/mol. The van der Waals surface area contributed by atoms with Crippen molar-refractivity contribution >= 4 is 5.69 Å². The molecule has 238 valence electrons. The summed E-state index contributed by atoms with van der Waals surface area (Å²) in [6, 6.07) is 62.7. The van der Waals surface area contributed by atoms with Gasteiger partial charge in [-0.3, -0.25) is 0 Å². The highest BCUT2D eigenvalue weighted by Crippen LogP contribution is 2.59. The van der Waals surface area contributed by atoms with Crippen LogP contribution in [0.4, 0.5) is 5.69 Å². The fourth-order valence-corrected chi connectivity index (χ4v) is 7.57. The minimum Gasteiger partial charge on any atom is -0.238 e. The third-order valence-corrected chi connectivity index (χ3v) is 9.83. The van der Waals surface area contributed by atoms with E-state index in [2.05, 4.69) is 114 Å². The molecule has 1 aliphatic carbocycles. The van der Waals surface area contributed by atoms with Crippen molar-refractivity contribution in [3.05, 3.63) is 216 Å². The molecule has 1 heterocycles. The molecule has 1 aliphatic rings. The largest absolute Gasteiger partial charge is 0.238 e. The molecule has 4 nitrogen and oxygen atoms in total. The molecule has 51 heavy (non-hydrogen) atoms. The van der Waals surface area contributed by atoms with E-state index in [1.807, 2.05) is 72.8 Å². The lowest BCUT2D eigenvalue weighted by Crippen LogP contribution is -2.28. The van der Waals surface area contributed by atoms with Gasteiger partial charge in [0.25, 0.3) is 0 Å². The third kappa shape index (κ3) is 5.03. The molecule has 0 atom stereocenters. The van der Waals surface area contributed by atoms with E-state index in [1.165, 1.54) is 16.7 Å². The van der Waals surface area contributed by atoms with Gasteiger partial charge in [-0.25, -0.2) is 19.8 Å². The second-order valence-electron chi connectivity index (χ2n) is 12.7. The Hall–Kier alpha value is -6.96. The highest BCUT2D eigenvalue weighted by molar-refractivity contribution is 5.95. The SMILES string of the molecule is [C-]#[N+]c1cccc2c1-c1cc(-c3cccc(-c4nc(-c5ccccc5)nc(-c5ccccc5)n4)c3)ccc1C2(c1ccccc1)c1ccccc1. The fourth-order valence-electron chi connectivity index (χ4n) is 7.57. The van der Waals surface area contributed by atoms with Crippen molar-refractivity contribution in [2.45, 2.75) is 5.41 Å². The lowest BCUT2D eigenvalue weighted by molar-refractivity contribution is 0.769. The maximum Gasteiger partial charge on any atom is 0.195 e. The zero-order valence-corrected chi connectivity index (χ0v) is 27.6. The average Bonchev–Trinajstić information content (AvgIpc) is 3.53. The van der Waals surface area contributed by atoms with Crippen LogP contribution < -0.4 is 0 Å². The fraction of sp³-hybridized carbons (Fsp3) is 0.0213. The molecule has 7 aromatic carbocycles. The summed E-state index contributed by atoms with van der Waals surface area (Å²) in [5.41, 5.74) is 11.6. The molecule has 4 heteroatoms. The van der Waals surface area contributed by atoms with Crippen molar-refractivity contribution in [3.8, 4) is 56.4 Å². The Bertz CT molecular complexity index is 2480. The predicted molar refractivity (Wildman–Crippen MR) is 205 cm³/mol. The summed E-state index contributed by atoms with van der Waals surface area (Å²) in [6.45, 7) is 8.20. The number of benzene rings is 7. The van der Waals surface area contributed by atoms with Gasteiger partial charge in [0.05, 0.1) is 12.0 Å². The Kier molecular flexibility index (Phi) is 7.38. The maximum absolute atomic E-state index is 8.20. The summed E-state index contributed by atoms with van der Waals surface area (Å²) in [7, 11) is 0. The second-order valence-corrected chi connectivity index (χ2v) is 12.7. The molecule has 0 N–H and O–H groups in total.